The molecule has 1 aromatic carbocycles. The molecular weight excluding hydrogens is 395 g/mol. The van der Waals surface area contributed by atoms with Crippen molar-refractivity contribution in [2.45, 2.75) is 12.8 Å². The molecule has 2 saturated heterocycles. The first-order valence-electron chi connectivity index (χ1n) is 10.8. The lowest BCUT2D eigenvalue weighted by Crippen LogP contribution is -2.52. The molecule has 0 radical (unpaired) electrons. The van der Waals surface area contributed by atoms with Crippen molar-refractivity contribution < 1.29 is 9.18 Å². The lowest BCUT2D eigenvalue weighted by Gasteiger charge is -2.40. The number of aromatic nitrogens is 3. The summed E-state index contributed by atoms with van der Waals surface area (Å²) in [5.41, 5.74) is 2.99. The predicted octanol–water partition coefficient (Wildman–Crippen LogP) is 2.73. The van der Waals surface area contributed by atoms with Crippen molar-refractivity contribution in [3.05, 3.63) is 54.7 Å². The van der Waals surface area contributed by atoms with Crippen LogP contribution in [-0.4, -0.2) is 65.0 Å². The molecule has 2 fully saturated rings. The highest BCUT2D eigenvalue weighted by Crippen LogP contribution is 2.26. The van der Waals surface area contributed by atoms with Crippen molar-refractivity contribution in [1.29, 1.82) is 0 Å². The highest BCUT2D eigenvalue weighted by molar-refractivity contribution is 5.80. The summed E-state index contributed by atoms with van der Waals surface area (Å²) >= 11 is 0. The smallest absolute Gasteiger partial charge is 0.227 e. The van der Waals surface area contributed by atoms with Gasteiger partial charge in [-0.3, -0.25) is 9.78 Å². The van der Waals surface area contributed by atoms with E-state index in [1.54, 1.807) is 24.5 Å². The zero-order valence-electron chi connectivity index (χ0n) is 17.3. The third-order valence-electron chi connectivity index (χ3n) is 6.23. The predicted molar refractivity (Wildman–Crippen MR) is 117 cm³/mol. The van der Waals surface area contributed by atoms with Gasteiger partial charge in [0.15, 0.2) is 5.65 Å². The quantitative estimate of drug-likeness (QED) is 0.649. The van der Waals surface area contributed by atoms with Crippen LogP contribution < -0.4 is 9.80 Å². The molecule has 0 unspecified atom stereocenters. The highest BCUT2D eigenvalue weighted by Gasteiger charge is 2.31. The highest BCUT2D eigenvalue weighted by atomic mass is 19.1. The summed E-state index contributed by atoms with van der Waals surface area (Å²) in [7, 11) is 0. The van der Waals surface area contributed by atoms with Gasteiger partial charge in [0.25, 0.3) is 0 Å². The third kappa shape index (κ3) is 4.02. The molecule has 0 N–H and O–H groups in total. The van der Waals surface area contributed by atoms with Gasteiger partial charge in [-0.25, -0.2) is 14.4 Å². The van der Waals surface area contributed by atoms with Crippen LogP contribution in [0.3, 0.4) is 0 Å². The molecule has 160 valence electrons. The lowest BCUT2D eigenvalue weighted by molar-refractivity contribution is -0.136. The normalized spacial score (nSPS) is 19.6. The van der Waals surface area contributed by atoms with E-state index in [1.165, 1.54) is 6.07 Å². The minimum Gasteiger partial charge on any atom is -0.369 e. The molecule has 2 aromatic heterocycles. The zero-order chi connectivity index (χ0) is 21.2. The maximum Gasteiger partial charge on any atom is 0.227 e. The van der Waals surface area contributed by atoms with Gasteiger partial charge in [-0.15, -0.1) is 0 Å². The number of rotatable bonds is 3. The Kier molecular flexibility index (Phi) is 5.36. The molecule has 0 spiro atoms. The molecule has 0 aliphatic carbocycles. The number of amides is 1. The van der Waals surface area contributed by atoms with E-state index in [1.807, 2.05) is 28.1 Å². The van der Waals surface area contributed by atoms with Crippen molar-refractivity contribution in [3.8, 4) is 0 Å². The van der Waals surface area contributed by atoms with Crippen LogP contribution in [0.2, 0.25) is 0 Å². The van der Waals surface area contributed by atoms with E-state index in [9.17, 15) is 9.18 Å². The Morgan fingerprint density at radius 2 is 1.77 bits per heavy atom. The molecule has 1 amide bonds. The van der Waals surface area contributed by atoms with E-state index < -0.39 is 0 Å². The van der Waals surface area contributed by atoms with Crippen LogP contribution in [0.1, 0.15) is 12.8 Å². The third-order valence-corrected chi connectivity index (χ3v) is 6.23. The number of carbonyl (C=O) groups is 1. The second-order valence-corrected chi connectivity index (χ2v) is 8.14. The zero-order valence-corrected chi connectivity index (χ0v) is 17.3. The van der Waals surface area contributed by atoms with Crippen LogP contribution in [-0.2, 0) is 4.79 Å². The maximum absolute atomic E-state index is 14.1. The summed E-state index contributed by atoms with van der Waals surface area (Å²) in [6.45, 7) is 4.12. The molecule has 7 nitrogen and oxygen atoms in total. The topological polar surface area (TPSA) is 65.5 Å². The van der Waals surface area contributed by atoms with Gasteiger partial charge in [0, 0.05) is 51.7 Å². The fourth-order valence-corrected chi connectivity index (χ4v) is 4.57. The molecule has 0 saturated carbocycles. The number of para-hydroxylation sites is 1. The van der Waals surface area contributed by atoms with Gasteiger partial charge in [0.2, 0.25) is 5.91 Å². The van der Waals surface area contributed by atoms with Crippen molar-refractivity contribution in [2.75, 3.05) is 49.1 Å². The summed E-state index contributed by atoms with van der Waals surface area (Å²) in [6.07, 6.45) is 6.97. The Balaban J connectivity index is 1.23. The van der Waals surface area contributed by atoms with Crippen LogP contribution in [0.4, 0.5) is 15.8 Å². The molecule has 31 heavy (non-hydrogen) atoms. The van der Waals surface area contributed by atoms with Gasteiger partial charge < -0.3 is 14.7 Å². The summed E-state index contributed by atoms with van der Waals surface area (Å²) in [5, 5.41) is 0. The fraction of sp³-hybridized carbons (Fsp3) is 0.391. The average Bonchev–Trinajstić information content (AvgIpc) is 2.84. The van der Waals surface area contributed by atoms with Crippen LogP contribution in [0, 0.1) is 11.7 Å². The number of halogens is 1. The molecule has 5 rings (SSSR count). The van der Waals surface area contributed by atoms with Gasteiger partial charge in [0.1, 0.15) is 11.3 Å². The van der Waals surface area contributed by atoms with Crippen LogP contribution >= 0.6 is 0 Å². The second kappa shape index (κ2) is 8.45. The van der Waals surface area contributed by atoms with Gasteiger partial charge in [-0.05, 0) is 31.0 Å². The number of piperidine rings is 1. The van der Waals surface area contributed by atoms with E-state index in [4.69, 9.17) is 0 Å². The Morgan fingerprint density at radius 3 is 2.61 bits per heavy atom. The van der Waals surface area contributed by atoms with Gasteiger partial charge >= 0.3 is 0 Å². The van der Waals surface area contributed by atoms with E-state index in [0.29, 0.717) is 44.1 Å². The summed E-state index contributed by atoms with van der Waals surface area (Å²) in [4.78, 5) is 32.4. The van der Waals surface area contributed by atoms with Crippen molar-refractivity contribution in [2.24, 2.45) is 5.92 Å². The Labute approximate surface area is 180 Å². The Hall–Kier alpha value is -3.29. The summed E-state index contributed by atoms with van der Waals surface area (Å²) in [6, 6.07) is 8.82. The maximum atomic E-state index is 14.1. The number of nitrogens with zero attached hydrogens (tertiary/aromatic N) is 6. The molecule has 2 aliphatic rings. The van der Waals surface area contributed by atoms with Crippen LogP contribution in [0.15, 0.2) is 48.9 Å². The van der Waals surface area contributed by atoms with Crippen molar-refractivity contribution >= 4 is 28.4 Å². The number of anilines is 2. The molecule has 0 bridgehead atoms. The second-order valence-electron chi connectivity index (χ2n) is 8.14. The van der Waals surface area contributed by atoms with E-state index >= 15 is 0 Å². The van der Waals surface area contributed by atoms with E-state index in [0.717, 1.165) is 30.6 Å². The lowest BCUT2D eigenvalue weighted by atomic mass is 9.95. The number of benzene rings is 1. The van der Waals surface area contributed by atoms with Crippen LogP contribution in [0.25, 0.3) is 11.2 Å². The minimum absolute atomic E-state index is 0.0358. The number of pyridine rings is 1. The van der Waals surface area contributed by atoms with Gasteiger partial charge in [-0.2, -0.15) is 0 Å². The molecule has 3 aromatic rings. The summed E-state index contributed by atoms with van der Waals surface area (Å²) in [5.74, 6) is -0.0448. The molecule has 4 heterocycles. The van der Waals surface area contributed by atoms with E-state index in [2.05, 4.69) is 19.9 Å². The number of hydrogen-bond acceptors (Lipinski definition) is 6. The monoisotopic (exact) mass is 420 g/mol. The van der Waals surface area contributed by atoms with Crippen molar-refractivity contribution in [1.82, 2.24) is 19.9 Å². The van der Waals surface area contributed by atoms with Crippen molar-refractivity contribution in [3.63, 3.8) is 0 Å². The molecule has 8 heteroatoms. The molecule has 2 aliphatic heterocycles. The first-order chi connectivity index (χ1) is 15.2. The SMILES string of the molecule is O=C([C@@H]1CCCN(c2cnc3nccnc3c2)C1)N1CCN(c2ccccc2F)CC1. The minimum atomic E-state index is -0.209. The Bertz CT molecular complexity index is 1080. The molecular formula is C23H25FN6O. The van der Waals surface area contributed by atoms with Gasteiger partial charge in [0.05, 0.1) is 23.5 Å². The first kappa shape index (κ1) is 19.7. The van der Waals surface area contributed by atoms with Crippen LogP contribution in [0.5, 0.6) is 0 Å². The number of hydrogen-bond donors (Lipinski definition) is 0. The largest absolute Gasteiger partial charge is 0.369 e. The first-order valence-corrected chi connectivity index (χ1v) is 10.8. The Morgan fingerprint density at radius 1 is 0.968 bits per heavy atom. The van der Waals surface area contributed by atoms with Gasteiger partial charge in [-0.1, -0.05) is 12.1 Å². The number of carbonyl (C=O) groups excluding carboxylic acids is 1. The standard InChI is InChI=1S/C23H25FN6O/c24-19-5-1-2-6-21(19)28-10-12-29(13-11-28)23(31)17-4-3-9-30(16-17)18-14-20-22(27-15-18)26-8-7-25-20/h1-2,5-8,14-15,17H,3-4,9-13,16H2/t17-/m1/s1. The fourth-order valence-electron chi connectivity index (χ4n) is 4.57. The number of piperazine rings is 1. The summed E-state index contributed by atoms with van der Waals surface area (Å²) < 4.78 is 14.1. The number of fused-ring (bicyclic) bond motifs is 1. The average molecular weight is 420 g/mol. The van der Waals surface area contributed by atoms with E-state index in [-0.39, 0.29) is 17.6 Å². The molecule has 1 atom stereocenters.